The number of ether oxygens (including phenoxy) is 1. The molecular formula is C14H14ClNO2S. The van der Waals surface area contributed by atoms with Crippen molar-refractivity contribution in [3.63, 3.8) is 0 Å². The first-order valence-corrected chi connectivity index (χ1v) is 7.47. The maximum atomic E-state index is 8.72. The van der Waals surface area contributed by atoms with Crippen LogP contribution in [0.4, 0.5) is 0 Å². The normalized spacial score (nSPS) is 14.6. The van der Waals surface area contributed by atoms with Crippen LogP contribution < -0.4 is 4.74 Å². The van der Waals surface area contributed by atoms with E-state index in [1.807, 2.05) is 24.3 Å². The predicted octanol–water partition coefficient (Wildman–Crippen LogP) is 3.71. The monoisotopic (exact) mass is 295 g/mol. The summed E-state index contributed by atoms with van der Waals surface area (Å²) in [5.74, 6) is 1.40. The van der Waals surface area contributed by atoms with Crippen LogP contribution in [0.3, 0.4) is 0 Å². The highest BCUT2D eigenvalue weighted by atomic mass is 35.5. The Morgan fingerprint density at radius 1 is 1.32 bits per heavy atom. The summed E-state index contributed by atoms with van der Waals surface area (Å²) >= 11 is 7.63. The first-order chi connectivity index (χ1) is 9.28. The van der Waals surface area contributed by atoms with E-state index in [1.165, 1.54) is 17.7 Å². The summed E-state index contributed by atoms with van der Waals surface area (Å²) in [6, 6.07) is 7.78. The largest absolute Gasteiger partial charge is 0.491 e. The summed E-state index contributed by atoms with van der Waals surface area (Å²) in [5, 5.41) is 8.72. The summed E-state index contributed by atoms with van der Waals surface area (Å²) in [6.45, 7) is 0.338. The van der Waals surface area contributed by atoms with E-state index >= 15 is 0 Å². The Hall–Kier alpha value is -1.10. The van der Waals surface area contributed by atoms with E-state index in [0.717, 1.165) is 17.0 Å². The molecule has 0 saturated heterocycles. The van der Waals surface area contributed by atoms with Gasteiger partial charge in [0.1, 0.15) is 12.4 Å². The summed E-state index contributed by atoms with van der Waals surface area (Å²) in [5.41, 5.74) is 2.08. The van der Waals surface area contributed by atoms with Gasteiger partial charge in [0.2, 0.25) is 0 Å². The highest BCUT2D eigenvalue weighted by Gasteiger charge is 2.29. The first kappa shape index (κ1) is 12.9. The SMILES string of the molecule is OCCOc1ccc(-c2nc(Cl)sc2C2CC2)cc1. The molecule has 1 fully saturated rings. The lowest BCUT2D eigenvalue weighted by atomic mass is 10.1. The molecule has 0 unspecified atom stereocenters. The smallest absolute Gasteiger partial charge is 0.184 e. The predicted molar refractivity (Wildman–Crippen MR) is 77.1 cm³/mol. The lowest BCUT2D eigenvalue weighted by Gasteiger charge is -2.05. The minimum atomic E-state index is 0.0231. The Bertz CT molecular complexity index is 563. The number of aliphatic hydroxyl groups excluding tert-OH is 1. The third-order valence-electron chi connectivity index (χ3n) is 3.06. The molecule has 1 heterocycles. The van der Waals surface area contributed by atoms with E-state index < -0.39 is 0 Å². The molecule has 0 aliphatic heterocycles. The molecular weight excluding hydrogens is 282 g/mol. The van der Waals surface area contributed by atoms with Gasteiger partial charge in [0, 0.05) is 10.4 Å². The molecule has 2 aromatic rings. The number of halogens is 1. The van der Waals surface area contributed by atoms with Crippen LogP contribution in [0.15, 0.2) is 24.3 Å². The zero-order valence-electron chi connectivity index (χ0n) is 10.3. The molecule has 1 N–H and O–H groups in total. The third-order valence-corrected chi connectivity index (χ3v) is 4.39. The van der Waals surface area contributed by atoms with Crippen LogP contribution >= 0.6 is 22.9 Å². The lowest BCUT2D eigenvalue weighted by Crippen LogP contribution is -2.01. The maximum Gasteiger partial charge on any atom is 0.184 e. The number of aliphatic hydroxyl groups is 1. The zero-order chi connectivity index (χ0) is 13.2. The molecule has 1 saturated carbocycles. The van der Waals surface area contributed by atoms with Gasteiger partial charge in [-0.15, -0.1) is 11.3 Å². The second-order valence-corrected chi connectivity index (χ2v) is 6.16. The number of thiazole rings is 1. The number of benzene rings is 1. The molecule has 0 atom stereocenters. The summed E-state index contributed by atoms with van der Waals surface area (Å²) in [7, 11) is 0. The number of nitrogens with zero attached hydrogens (tertiary/aromatic N) is 1. The Morgan fingerprint density at radius 2 is 2.05 bits per heavy atom. The standard InChI is InChI=1S/C14H14ClNO2S/c15-14-16-12(13(19-14)10-1-2-10)9-3-5-11(6-4-9)18-8-7-17/h3-6,10,17H,1-2,7-8H2. The van der Waals surface area contributed by atoms with Crippen molar-refractivity contribution in [3.05, 3.63) is 33.6 Å². The molecule has 1 aromatic heterocycles. The van der Waals surface area contributed by atoms with Crippen molar-refractivity contribution in [3.8, 4) is 17.0 Å². The van der Waals surface area contributed by atoms with Crippen molar-refractivity contribution in [1.29, 1.82) is 0 Å². The average molecular weight is 296 g/mol. The molecule has 3 nitrogen and oxygen atoms in total. The maximum absolute atomic E-state index is 8.72. The molecule has 19 heavy (non-hydrogen) atoms. The van der Waals surface area contributed by atoms with Crippen LogP contribution in [0.2, 0.25) is 4.47 Å². The summed E-state index contributed by atoms with van der Waals surface area (Å²) in [6.07, 6.45) is 2.48. The van der Waals surface area contributed by atoms with Gasteiger partial charge in [-0.1, -0.05) is 11.6 Å². The fraction of sp³-hybridized carbons (Fsp3) is 0.357. The molecule has 0 bridgehead atoms. The van der Waals surface area contributed by atoms with Crippen LogP contribution in [0.25, 0.3) is 11.3 Å². The molecule has 0 spiro atoms. The van der Waals surface area contributed by atoms with E-state index in [0.29, 0.717) is 17.0 Å². The fourth-order valence-electron chi connectivity index (χ4n) is 2.01. The van der Waals surface area contributed by atoms with E-state index in [1.54, 1.807) is 11.3 Å². The van der Waals surface area contributed by atoms with E-state index in [-0.39, 0.29) is 6.61 Å². The fourth-order valence-corrected chi connectivity index (χ4v) is 3.32. The van der Waals surface area contributed by atoms with E-state index in [9.17, 15) is 0 Å². The van der Waals surface area contributed by atoms with Crippen LogP contribution in [0.1, 0.15) is 23.6 Å². The quantitative estimate of drug-likeness (QED) is 0.914. The summed E-state index contributed by atoms with van der Waals surface area (Å²) < 4.78 is 5.96. The van der Waals surface area contributed by atoms with E-state index in [2.05, 4.69) is 4.98 Å². The number of aromatic nitrogens is 1. The second-order valence-electron chi connectivity index (χ2n) is 4.55. The average Bonchev–Trinajstić information content (AvgIpc) is 3.20. The van der Waals surface area contributed by atoms with Crippen molar-refractivity contribution >= 4 is 22.9 Å². The molecule has 1 aliphatic rings. The van der Waals surface area contributed by atoms with Gasteiger partial charge in [0.25, 0.3) is 0 Å². The van der Waals surface area contributed by atoms with Gasteiger partial charge in [-0.05, 0) is 43.0 Å². The van der Waals surface area contributed by atoms with Crippen LogP contribution in [0.5, 0.6) is 5.75 Å². The molecule has 1 aliphatic carbocycles. The van der Waals surface area contributed by atoms with Crippen molar-refractivity contribution in [2.24, 2.45) is 0 Å². The number of hydrogen-bond donors (Lipinski definition) is 1. The minimum absolute atomic E-state index is 0.0231. The van der Waals surface area contributed by atoms with Gasteiger partial charge < -0.3 is 9.84 Å². The molecule has 0 radical (unpaired) electrons. The zero-order valence-corrected chi connectivity index (χ0v) is 11.9. The Morgan fingerprint density at radius 3 is 2.68 bits per heavy atom. The highest BCUT2D eigenvalue weighted by Crippen LogP contribution is 2.48. The van der Waals surface area contributed by atoms with Crippen molar-refractivity contribution in [2.45, 2.75) is 18.8 Å². The van der Waals surface area contributed by atoms with Gasteiger partial charge in [0.05, 0.1) is 12.3 Å². The van der Waals surface area contributed by atoms with Crippen LogP contribution in [0, 0.1) is 0 Å². The minimum Gasteiger partial charge on any atom is -0.491 e. The molecule has 0 amide bonds. The Labute approximate surface area is 120 Å². The summed E-state index contributed by atoms with van der Waals surface area (Å²) in [4.78, 5) is 5.74. The van der Waals surface area contributed by atoms with Crippen LogP contribution in [-0.2, 0) is 0 Å². The molecule has 100 valence electrons. The van der Waals surface area contributed by atoms with Gasteiger partial charge >= 0.3 is 0 Å². The number of rotatable bonds is 5. The van der Waals surface area contributed by atoms with Gasteiger partial charge in [-0.25, -0.2) is 4.98 Å². The van der Waals surface area contributed by atoms with Crippen molar-refractivity contribution in [2.75, 3.05) is 13.2 Å². The molecule has 3 rings (SSSR count). The molecule has 5 heteroatoms. The first-order valence-electron chi connectivity index (χ1n) is 6.28. The second kappa shape index (κ2) is 5.49. The third kappa shape index (κ3) is 2.91. The lowest BCUT2D eigenvalue weighted by molar-refractivity contribution is 0.201. The van der Waals surface area contributed by atoms with Gasteiger partial charge in [0.15, 0.2) is 4.47 Å². The number of hydrogen-bond acceptors (Lipinski definition) is 4. The topological polar surface area (TPSA) is 42.4 Å². The Kier molecular flexibility index (Phi) is 3.73. The van der Waals surface area contributed by atoms with Crippen LogP contribution in [-0.4, -0.2) is 23.3 Å². The highest BCUT2D eigenvalue weighted by molar-refractivity contribution is 7.16. The van der Waals surface area contributed by atoms with Gasteiger partial charge in [-0.3, -0.25) is 0 Å². The Balaban J connectivity index is 1.85. The van der Waals surface area contributed by atoms with Crippen molar-refractivity contribution in [1.82, 2.24) is 4.98 Å². The molecule has 1 aromatic carbocycles. The van der Waals surface area contributed by atoms with E-state index in [4.69, 9.17) is 21.4 Å². The van der Waals surface area contributed by atoms with Gasteiger partial charge in [-0.2, -0.15) is 0 Å². The van der Waals surface area contributed by atoms with Crippen molar-refractivity contribution < 1.29 is 9.84 Å².